The Bertz CT molecular complexity index is 925. The molecule has 0 spiro atoms. The second kappa shape index (κ2) is 7.09. The summed E-state index contributed by atoms with van der Waals surface area (Å²) in [5.41, 5.74) is 4.18. The lowest BCUT2D eigenvalue weighted by atomic mass is 9.94. The highest BCUT2D eigenvalue weighted by Crippen LogP contribution is 2.33. The van der Waals surface area contributed by atoms with Gasteiger partial charge in [0.2, 0.25) is 0 Å². The van der Waals surface area contributed by atoms with Crippen LogP contribution in [0.15, 0.2) is 41.0 Å². The first kappa shape index (κ1) is 17.1. The number of hydrogen-bond donors (Lipinski definition) is 2. The van der Waals surface area contributed by atoms with Gasteiger partial charge in [-0.15, -0.1) is 0 Å². The molecule has 0 radical (unpaired) electrons. The quantitative estimate of drug-likeness (QED) is 0.715. The fourth-order valence-corrected chi connectivity index (χ4v) is 3.89. The first-order chi connectivity index (χ1) is 12.6. The van der Waals surface area contributed by atoms with Gasteiger partial charge in [0.15, 0.2) is 5.78 Å². The van der Waals surface area contributed by atoms with E-state index in [2.05, 4.69) is 30.4 Å². The summed E-state index contributed by atoms with van der Waals surface area (Å²) in [6.07, 6.45) is 3.49. The number of nitrogens with one attached hydrogen (secondary N) is 1. The summed E-state index contributed by atoms with van der Waals surface area (Å²) in [6, 6.07) is 10.0. The molecule has 1 atom stereocenters. The number of carbonyl (C=O) groups excluding carboxylic acids is 1. The van der Waals surface area contributed by atoms with Crippen LogP contribution in [-0.4, -0.2) is 28.1 Å². The molecule has 0 fully saturated rings. The summed E-state index contributed by atoms with van der Waals surface area (Å²) in [5.74, 6) is 1.03. The van der Waals surface area contributed by atoms with E-state index in [-0.39, 0.29) is 5.78 Å². The zero-order valence-corrected chi connectivity index (χ0v) is 15.0. The minimum Gasteiger partial charge on any atom is -0.468 e. The number of aryl methyl sites for hydroxylation is 2. The largest absolute Gasteiger partial charge is 0.468 e. The summed E-state index contributed by atoms with van der Waals surface area (Å²) < 4.78 is 7.30. The molecular formula is C21H24N2O3. The van der Waals surface area contributed by atoms with E-state index in [4.69, 9.17) is 4.42 Å². The van der Waals surface area contributed by atoms with E-state index in [1.54, 1.807) is 6.26 Å². The Labute approximate surface area is 152 Å². The van der Waals surface area contributed by atoms with E-state index >= 15 is 0 Å². The monoisotopic (exact) mass is 352 g/mol. The van der Waals surface area contributed by atoms with Gasteiger partial charge in [0.25, 0.3) is 0 Å². The van der Waals surface area contributed by atoms with Crippen molar-refractivity contribution in [2.24, 2.45) is 0 Å². The second-order valence-corrected chi connectivity index (χ2v) is 7.10. The number of aliphatic hydroxyl groups is 1. The molecule has 2 N–H and O–H groups in total. The molecule has 2 aromatic heterocycles. The molecule has 1 aliphatic rings. The molecule has 1 aromatic carbocycles. The summed E-state index contributed by atoms with van der Waals surface area (Å²) in [7, 11) is 0. The Kier molecular flexibility index (Phi) is 4.66. The SMILES string of the molecule is Cc1ccc2c(c1)c1c(n2CC(O)CNCc2ccco2)C(=O)CCC1. The van der Waals surface area contributed by atoms with Crippen molar-refractivity contribution in [3.05, 3.63) is 59.2 Å². The molecule has 0 saturated heterocycles. The third-order valence-electron chi connectivity index (χ3n) is 5.07. The molecule has 5 heteroatoms. The minimum absolute atomic E-state index is 0.191. The highest BCUT2D eigenvalue weighted by atomic mass is 16.3. The van der Waals surface area contributed by atoms with Crippen molar-refractivity contribution < 1.29 is 14.3 Å². The van der Waals surface area contributed by atoms with Crippen molar-refractivity contribution in [3.8, 4) is 0 Å². The third-order valence-corrected chi connectivity index (χ3v) is 5.07. The van der Waals surface area contributed by atoms with Gasteiger partial charge in [-0.1, -0.05) is 11.6 Å². The van der Waals surface area contributed by atoms with Crippen LogP contribution in [0.5, 0.6) is 0 Å². The number of Topliss-reactive ketones (excluding diaryl/α,β-unsaturated/α-hetero) is 1. The van der Waals surface area contributed by atoms with Gasteiger partial charge in [0.1, 0.15) is 5.76 Å². The van der Waals surface area contributed by atoms with E-state index in [9.17, 15) is 9.90 Å². The molecule has 4 rings (SSSR count). The van der Waals surface area contributed by atoms with Gasteiger partial charge >= 0.3 is 0 Å². The Morgan fingerprint density at radius 3 is 3.00 bits per heavy atom. The molecule has 3 aromatic rings. The standard InChI is InChI=1S/C21H24N2O3/c1-14-7-8-19-18(10-14)17-5-2-6-20(25)21(17)23(19)13-15(24)11-22-12-16-4-3-9-26-16/h3-4,7-10,15,22,24H,2,5-6,11-13H2,1H3. The minimum atomic E-state index is -0.583. The van der Waals surface area contributed by atoms with Gasteiger partial charge in [-0.3, -0.25) is 4.79 Å². The number of carbonyl (C=O) groups is 1. The van der Waals surface area contributed by atoms with Crippen molar-refractivity contribution in [1.29, 1.82) is 0 Å². The van der Waals surface area contributed by atoms with Crippen molar-refractivity contribution in [3.63, 3.8) is 0 Å². The molecule has 0 bridgehead atoms. The predicted octanol–water partition coefficient (Wildman–Crippen LogP) is 3.21. The lowest BCUT2D eigenvalue weighted by Gasteiger charge is -2.18. The van der Waals surface area contributed by atoms with E-state index in [0.717, 1.165) is 40.8 Å². The number of aromatic nitrogens is 1. The highest BCUT2D eigenvalue weighted by molar-refractivity contribution is 6.04. The Balaban J connectivity index is 1.57. The molecule has 1 aliphatic carbocycles. The van der Waals surface area contributed by atoms with Gasteiger partial charge in [0.05, 0.1) is 31.2 Å². The van der Waals surface area contributed by atoms with Crippen LogP contribution < -0.4 is 5.32 Å². The van der Waals surface area contributed by atoms with Crippen molar-refractivity contribution in [1.82, 2.24) is 9.88 Å². The first-order valence-electron chi connectivity index (χ1n) is 9.19. The van der Waals surface area contributed by atoms with Crippen LogP contribution in [0, 0.1) is 6.92 Å². The maximum Gasteiger partial charge on any atom is 0.179 e. The topological polar surface area (TPSA) is 67.4 Å². The summed E-state index contributed by atoms with van der Waals surface area (Å²) in [6.45, 7) is 3.49. The molecule has 5 nitrogen and oxygen atoms in total. The number of nitrogens with zero attached hydrogens (tertiary/aromatic N) is 1. The van der Waals surface area contributed by atoms with Crippen molar-refractivity contribution >= 4 is 16.7 Å². The molecule has 0 amide bonds. The predicted molar refractivity (Wildman–Crippen MR) is 100 cm³/mol. The molecule has 2 heterocycles. The number of ketones is 1. The molecule has 136 valence electrons. The van der Waals surface area contributed by atoms with Gasteiger partial charge in [-0.2, -0.15) is 0 Å². The molecular weight excluding hydrogens is 328 g/mol. The van der Waals surface area contributed by atoms with Crippen LogP contribution in [0.25, 0.3) is 10.9 Å². The number of fused-ring (bicyclic) bond motifs is 3. The summed E-state index contributed by atoms with van der Waals surface area (Å²) in [4.78, 5) is 12.6. The number of furan rings is 1. The van der Waals surface area contributed by atoms with E-state index in [1.165, 1.54) is 5.56 Å². The fraction of sp³-hybridized carbons (Fsp3) is 0.381. The number of benzene rings is 1. The van der Waals surface area contributed by atoms with Gasteiger partial charge in [-0.25, -0.2) is 0 Å². The normalized spacial score (nSPS) is 15.4. The van der Waals surface area contributed by atoms with E-state index in [0.29, 0.717) is 26.1 Å². The average Bonchev–Trinajstić information content (AvgIpc) is 3.23. The van der Waals surface area contributed by atoms with E-state index < -0.39 is 6.10 Å². The fourth-order valence-electron chi connectivity index (χ4n) is 3.89. The van der Waals surface area contributed by atoms with E-state index in [1.807, 2.05) is 16.7 Å². The number of hydrogen-bond acceptors (Lipinski definition) is 4. The zero-order chi connectivity index (χ0) is 18.1. The zero-order valence-electron chi connectivity index (χ0n) is 15.0. The first-order valence-corrected chi connectivity index (χ1v) is 9.19. The van der Waals surface area contributed by atoms with Gasteiger partial charge < -0.3 is 19.4 Å². The van der Waals surface area contributed by atoms with Crippen LogP contribution in [0.1, 0.15) is 40.2 Å². The van der Waals surface area contributed by atoms with Crippen molar-refractivity contribution in [2.45, 2.75) is 45.4 Å². The maximum atomic E-state index is 12.6. The Morgan fingerprint density at radius 1 is 1.31 bits per heavy atom. The molecule has 0 saturated carbocycles. The van der Waals surface area contributed by atoms with Crippen LogP contribution in [0.3, 0.4) is 0 Å². The van der Waals surface area contributed by atoms with Crippen LogP contribution >= 0.6 is 0 Å². The lowest BCUT2D eigenvalue weighted by Crippen LogP contribution is -2.31. The van der Waals surface area contributed by atoms with Gasteiger partial charge in [0, 0.05) is 23.9 Å². The Hall–Kier alpha value is -2.37. The number of aliphatic hydroxyl groups excluding tert-OH is 1. The second-order valence-electron chi connectivity index (χ2n) is 7.10. The summed E-state index contributed by atoms with van der Waals surface area (Å²) >= 11 is 0. The van der Waals surface area contributed by atoms with Crippen LogP contribution in [-0.2, 0) is 19.5 Å². The molecule has 0 aliphatic heterocycles. The average molecular weight is 352 g/mol. The highest BCUT2D eigenvalue weighted by Gasteiger charge is 2.26. The smallest absolute Gasteiger partial charge is 0.179 e. The third kappa shape index (κ3) is 3.20. The number of rotatable bonds is 6. The van der Waals surface area contributed by atoms with Gasteiger partial charge in [-0.05, 0) is 49.6 Å². The van der Waals surface area contributed by atoms with Crippen LogP contribution in [0.4, 0.5) is 0 Å². The Morgan fingerprint density at radius 2 is 2.19 bits per heavy atom. The molecule has 26 heavy (non-hydrogen) atoms. The van der Waals surface area contributed by atoms with Crippen LogP contribution in [0.2, 0.25) is 0 Å². The maximum absolute atomic E-state index is 12.6. The summed E-state index contributed by atoms with van der Waals surface area (Å²) in [5, 5.41) is 14.9. The molecule has 1 unspecified atom stereocenters. The van der Waals surface area contributed by atoms with Crippen molar-refractivity contribution in [2.75, 3.05) is 6.54 Å². The lowest BCUT2D eigenvalue weighted by molar-refractivity contribution is 0.0956.